The van der Waals surface area contributed by atoms with Gasteiger partial charge in [0.05, 0.1) is 30.6 Å². The molecule has 0 spiro atoms. The van der Waals surface area contributed by atoms with Crippen LogP contribution in [0.15, 0.2) is 43.1 Å². The molecule has 3 heterocycles. The molecule has 1 amide bonds. The zero-order valence-electron chi connectivity index (χ0n) is 14.1. The van der Waals surface area contributed by atoms with E-state index in [1.165, 1.54) is 0 Å². The van der Waals surface area contributed by atoms with Crippen LogP contribution in [-0.2, 0) is 7.05 Å². The van der Waals surface area contributed by atoms with Crippen molar-refractivity contribution in [2.45, 2.75) is 31.5 Å². The maximum absolute atomic E-state index is 12.8. The second kappa shape index (κ2) is 5.89. The van der Waals surface area contributed by atoms with Gasteiger partial charge in [0.15, 0.2) is 0 Å². The number of carbonyl (C=O) groups is 1. The standard InChI is InChI=1S/C17H20N6O2/c1-11-8-19-23(10-11)15-13(7-14(15)24)20-16(25)12-9-18-21(2)17(12)22-5-3-4-6-22/h3-6,8-10,13-15,24H,7H2,1-2H3,(H,20,25)/t13-,14+,15+/m0/s1. The number of nitrogens with zero attached hydrogens (tertiary/aromatic N) is 5. The third kappa shape index (κ3) is 2.64. The van der Waals surface area contributed by atoms with E-state index in [2.05, 4.69) is 15.5 Å². The van der Waals surface area contributed by atoms with Gasteiger partial charge in [-0.2, -0.15) is 10.2 Å². The largest absolute Gasteiger partial charge is 0.391 e. The van der Waals surface area contributed by atoms with E-state index in [1.807, 2.05) is 42.2 Å². The lowest BCUT2D eigenvalue weighted by Crippen LogP contribution is -2.56. The molecule has 1 aliphatic rings. The molecule has 25 heavy (non-hydrogen) atoms. The Morgan fingerprint density at radius 2 is 2.04 bits per heavy atom. The van der Waals surface area contributed by atoms with Crippen LogP contribution in [0.4, 0.5) is 0 Å². The zero-order valence-corrected chi connectivity index (χ0v) is 14.1. The molecule has 8 heteroatoms. The van der Waals surface area contributed by atoms with Gasteiger partial charge < -0.3 is 15.0 Å². The van der Waals surface area contributed by atoms with Crippen molar-refractivity contribution in [2.24, 2.45) is 7.05 Å². The Hall–Kier alpha value is -2.87. The van der Waals surface area contributed by atoms with Crippen molar-refractivity contribution in [2.75, 3.05) is 0 Å². The number of aromatic nitrogens is 5. The molecule has 3 aromatic rings. The van der Waals surface area contributed by atoms with Crippen LogP contribution >= 0.6 is 0 Å². The van der Waals surface area contributed by atoms with Gasteiger partial charge >= 0.3 is 0 Å². The molecule has 2 N–H and O–H groups in total. The van der Waals surface area contributed by atoms with Crippen LogP contribution < -0.4 is 5.32 Å². The summed E-state index contributed by atoms with van der Waals surface area (Å²) in [5.74, 6) is 0.497. The minimum atomic E-state index is -0.512. The third-order valence-corrected chi connectivity index (χ3v) is 4.66. The molecule has 0 bridgehead atoms. The van der Waals surface area contributed by atoms with Gasteiger partial charge in [-0.3, -0.25) is 14.2 Å². The summed E-state index contributed by atoms with van der Waals surface area (Å²) >= 11 is 0. The summed E-state index contributed by atoms with van der Waals surface area (Å²) in [6.07, 6.45) is 8.92. The van der Waals surface area contributed by atoms with Gasteiger partial charge in [-0.25, -0.2) is 0 Å². The highest BCUT2D eigenvalue weighted by Gasteiger charge is 2.43. The van der Waals surface area contributed by atoms with E-state index in [9.17, 15) is 9.90 Å². The second-order valence-electron chi connectivity index (χ2n) is 6.47. The van der Waals surface area contributed by atoms with Crippen molar-refractivity contribution < 1.29 is 9.90 Å². The summed E-state index contributed by atoms with van der Waals surface area (Å²) in [6.45, 7) is 1.95. The fraction of sp³-hybridized carbons (Fsp3) is 0.353. The Kier molecular flexibility index (Phi) is 3.69. The smallest absolute Gasteiger partial charge is 0.256 e. The number of aliphatic hydroxyl groups is 1. The van der Waals surface area contributed by atoms with Crippen LogP contribution in [0.25, 0.3) is 5.82 Å². The van der Waals surface area contributed by atoms with E-state index < -0.39 is 6.10 Å². The number of aryl methyl sites for hydroxylation is 2. The lowest BCUT2D eigenvalue weighted by atomic mass is 9.83. The van der Waals surface area contributed by atoms with Crippen molar-refractivity contribution >= 4 is 5.91 Å². The van der Waals surface area contributed by atoms with Crippen LogP contribution in [0.1, 0.15) is 28.4 Å². The lowest BCUT2D eigenvalue weighted by Gasteiger charge is -2.41. The first-order chi connectivity index (χ1) is 12.0. The number of hydrogen-bond acceptors (Lipinski definition) is 4. The van der Waals surface area contributed by atoms with Crippen LogP contribution in [0.3, 0.4) is 0 Å². The highest BCUT2D eigenvalue weighted by Crippen LogP contribution is 2.33. The van der Waals surface area contributed by atoms with Crippen molar-refractivity contribution in [3.8, 4) is 5.82 Å². The van der Waals surface area contributed by atoms with Gasteiger partial charge in [0, 0.05) is 25.6 Å². The predicted octanol–water partition coefficient (Wildman–Crippen LogP) is 0.820. The number of hydrogen-bond donors (Lipinski definition) is 2. The predicted molar refractivity (Wildman–Crippen MR) is 90.4 cm³/mol. The molecule has 1 fully saturated rings. The summed E-state index contributed by atoms with van der Waals surface area (Å²) in [7, 11) is 1.80. The normalized spacial score (nSPS) is 22.6. The summed E-state index contributed by atoms with van der Waals surface area (Å²) in [4.78, 5) is 12.8. The van der Waals surface area contributed by atoms with Crippen LogP contribution in [0.2, 0.25) is 0 Å². The first kappa shape index (κ1) is 15.6. The van der Waals surface area contributed by atoms with Gasteiger partial charge in [-0.05, 0) is 31.0 Å². The quantitative estimate of drug-likeness (QED) is 0.736. The van der Waals surface area contributed by atoms with E-state index in [1.54, 1.807) is 28.8 Å². The highest BCUT2D eigenvalue weighted by atomic mass is 16.3. The number of nitrogens with one attached hydrogen (secondary N) is 1. The number of aliphatic hydroxyl groups excluding tert-OH is 1. The average Bonchev–Trinajstić information content (AvgIpc) is 3.28. The maximum atomic E-state index is 12.8. The van der Waals surface area contributed by atoms with E-state index >= 15 is 0 Å². The molecular weight excluding hydrogens is 320 g/mol. The monoisotopic (exact) mass is 340 g/mol. The van der Waals surface area contributed by atoms with Crippen molar-refractivity contribution in [1.29, 1.82) is 0 Å². The molecule has 8 nitrogen and oxygen atoms in total. The average molecular weight is 340 g/mol. The fourth-order valence-electron chi connectivity index (χ4n) is 3.33. The van der Waals surface area contributed by atoms with Crippen molar-refractivity contribution in [3.05, 3.63) is 54.2 Å². The minimum absolute atomic E-state index is 0.167. The molecule has 0 unspecified atom stereocenters. The van der Waals surface area contributed by atoms with E-state index in [-0.39, 0.29) is 18.0 Å². The Labute approximate surface area is 144 Å². The summed E-state index contributed by atoms with van der Waals surface area (Å²) in [5.41, 5.74) is 1.52. The fourth-order valence-corrected chi connectivity index (χ4v) is 3.33. The van der Waals surface area contributed by atoms with Crippen molar-refractivity contribution in [3.63, 3.8) is 0 Å². The van der Waals surface area contributed by atoms with E-state index in [4.69, 9.17) is 0 Å². The van der Waals surface area contributed by atoms with E-state index in [0.717, 1.165) is 5.56 Å². The number of rotatable bonds is 4. The lowest BCUT2D eigenvalue weighted by molar-refractivity contribution is -0.00590. The molecule has 1 aliphatic carbocycles. The van der Waals surface area contributed by atoms with Gasteiger partial charge in [0.1, 0.15) is 11.4 Å². The molecule has 3 atom stereocenters. The summed E-state index contributed by atoms with van der Waals surface area (Å²) in [6, 6.07) is 3.38. The Bertz CT molecular complexity index is 894. The second-order valence-corrected chi connectivity index (χ2v) is 6.47. The Morgan fingerprint density at radius 1 is 1.28 bits per heavy atom. The zero-order chi connectivity index (χ0) is 17.6. The molecule has 1 saturated carbocycles. The number of amides is 1. The summed E-state index contributed by atoms with van der Waals surface area (Å²) in [5, 5.41) is 21.6. The third-order valence-electron chi connectivity index (χ3n) is 4.66. The molecule has 0 aliphatic heterocycles. The van der Waals surface area contributed by atoms with Gasteiger partial charge in [-0.15, -0.1) is 0 Å². The summed E-state index contributed by atoms with van der Waals surface area (Å²) < 4.78 is 5.25. The first-order valence-electron chi connectivity index (χ1n) is 8.19. The van der Waals surface area contributed by atoms with Crippen LogP contribution in [-0.4, -0.2) is 47.3 Å². The van der Waals surface area contributed by atoms with Crippen LogP contribution in [0, 0.1) is 6.92 Å². The van der Waals surface area contributed by atoms with Crippen LogP contribution in [0.5, 0.6) is 0 Å². The molecule has 0 aromatic carbocycles. The topological polar surface area (TPSA) is 89.9 Å². The highest BCUT2D eigenvalue weighted by molar-refractivity contribution is 5.97. The molecule has 130 valence electrons. The SMILES string of the molecule is Cc1cnn([C@H]2[C@H](O)C[C@@H]2NC(=O)c2cnn(C)c2-n2cccc2)c1. The number of carbonyl (C=O) groups excluding carboxylic acids is 1. The maximum Gasteiger partial charge on any atom is 0.256 e. The van der Waals surface area contributed by atoms with Crippen molar-refractivity contribution in [1.82, 2.24) is 29.4 Å². The minimum Gasteiger partial charge on any atom is -0.391 e. The van der Waals surface area contributed by atoms with Gasteiger partial charge in [0.25, 0.3) is 5.91 Å². The van der Waals surface area contributed by atoms with Gasteiger partial charge in [-0.1, -0.05) is 0 Å². The molecular formula is C17H20N6O2. The molecule has 0 saturated heterocycles. The Balaban J connectivity index is 1.55. The molecule has 3 aromatic heterocycles. The molecule has 4 rings (SSSR count). The first-order valence-corrected chi connectivity index (χ1v) is 8.19. The Morgan fingerprint density at radius 3 is 2.68 bits per heavy atom. The molecule has 0 radical (unpaired) electrons. The van der Waals surface area contributed by atoms with Gasteiger partial charge in [0.2, 0.25) is 0 Å². The van der Waals surface area contributed by atoms with E-state index in [0.29, 0.717) is 17.8 Å².